The van der Waals surface area contributed by atoms with Gasteiger partial charge in [-0.15, -0.1) is 0 Å². The zero-order valence-electron chi connectivity index (χ0n) is 20.7. The Bertz CT molecular complexity index is 1300. The van der Waals surface area contributed by atoms with Gasteiger partial charge < -0.3 is 29.0 Å². The van der Waals surface area contributed by atoms with E-state index in [0.717, 1.165) is 28.2 Å². The number of aromatic amines is 1. The Morgan fingerprint density at radius 3 is 2.00 bits per heavy atom. The highest BCUT2D eigenvalue weighted by Crippen LogP contribution is 2.42. The highest BCUT2D eigenvalue weighted by molar-refractivity contribution is 5.49. The first-order valence-electron chi connectivity index (χ1n) is 12.1. The van der Waals surface area contributed by atoms with Gasteiger partial charge in [0.2, 0.25) is 0 Å². The first-order chi connectivity index (χ1) is 18.0. The monoisotopic (exact) mass is 502 g/mol. The van der Waals surface area contributed by atoms with Crippen molar-refractivity contribution in [3.8, 4) is 11.5 Å². The second-order valence-corrected chi connectivity index (χ2v) is 8.92. The predicted octanol–water partition coefficient (Wildman–Crippen LogP) is 3.85. The normalized spacial score (nSPS) is 19.6. The molecule has 1 aromatic heterocycles. The standard InChI is InChI=1S/C29H30N2O6/c1-34-23-12-8-21(9-13-23)29(20-6-4-3-5-7-20,22-10-14-24(35-2)15-11-22)36-19-26-25(32)18-27(37-26)31-17-16-30-28(31)33/h3-17,25-27,32H,18-19H2,1-2H3,(H,30,33)/t25-,26+,27+/m0/s1. The summed E-state index contributed by atoms with van der Waals surface area (Å²) in [6.07, 6.45) is 1.45. The second kappa shape index (κ2) is 10.6. The third-order valence-electron chi connectivity index (χ3n) is 6.83. The molecule has 0 amide bonds. The molecule has 8 heteroatoms. The summed E-state index contributed by atoms with van der Waals surface area (Å²) >= 11 is 0. The zero-order valence-corrected chi connectivity index (χ0v) is 20.7. The minimum absolute atomic E-state index is 0.0871. The van der Waals surface area contributed by atoms with Crippen molar-refractivity contribution in [3.05, 3.63) is 118 Å². The number of methoxy groups -OCH3 is 2. The van der Waals surface area contributed by atoms with Crippen molar-refractivity contribution in [1.29, 1.82) is 0 Å². The molecule has 0 unspecified atom stereocenters. The van der Waals surface area contributed by atoms with E-state index >= 15 is 0 Å². The molecular weight excluding hydrogens is 472 g/mol. The number of hydrogen-bond donors (Lipinski definition) is 2. The number of aliphatic hydroxyl groups is 1. The maximum absolute atomic E-state index is 12.1. The lowest BCUT2D eigenvalue weighted by Crippen LogP contribution is -2.38. The van der Waals surface area contributed by atoms with E-state index in [1.54, 1.807) is 26.6 Å². The Labute approximate surface area is 215 Å². The molecule has 0 spiro atoms. The van der Waals surface area contributed by atoms with Crippen molar-refractivity contribution in [2.24, 2.45) is 0 Å². The lowest BCUT2D eigenvalue weighted by atomic mass is 9.80. The van der Waals surface area contributed by atoms with Crippen LogP contribution >= 0.6 is 0 Å². The molecule has 2 N–H and O–H groups in total. The number of aromatic nitrogens is 2. The van der Waals surface area contributed by atoms with E-state index in [-0.39, 0.29) is 18.7 Å². The fourth-order valence-corrected chi connectivity index (χ4v) is 4.88. The quantitative estimate of drug-likeness (QED) is 0.338. The lowest BCUT2D eigenvalue weighted by Gasteiger charge is -2.37. The molecule has 4 aromatic rings. The first-order valence-corrected chi connectivity index (χ1v) is 12.1. The average Bonchev–Trinajstić information content (AvgIpc) is 3.54. The largest absolute Gasteiger partial charge is 0.497 e. The Morgan fingerprint density at radius 2 is 1.49 bits per heavy atom. The van der Waals surface area contributed by atoms with Crippen LogP contribution in [-0.2, 0) is 15.1 Å². The predicted molar refractivity (Wildman–Crippen MR) is 138 cm³/mol. The maximum Gasteiger partial charge on any atom is 0.327 e. The summed E-state index contributed by atoms with van der Waals surface area (Å²) in [5, 5.41) is 10.8. The van der Waals surface area contributed by atoms with Gasteiger partial charge in [0.15, 0.2) is 0 Å². The summed E-state index contributed by atoms with van der Waals surface area (Å²) in [6.45, 7) is 0.0871. The minimum Gasteiger partial charge on any atom is -0.497 e. The number of aliphatic hydroxyl groups excluding tert-OH is 1. The van der Waals surface area contributed by atoms with E-state index in [0.29, 0.717) is 0 Å². The molecule has 1 fully saturated rings. The molecule has 5 rings (SSSR count). The minimum atomic E-state index is -1.02. The van der Waals surface area contributed by atoms with Gasteiger partial charge in [-0.25, -0.2) is 4.79 Å². The second-order valence-electron chi connectivity index (χ2n) is 8.92. The van der Waals surface area contributed by atoms with Gasteiger partial charge in [0.05, 0.1) is 26.9 Å². The summed E-state index contributed by atoms with van der Waals surface area (Å²) in [5.41, 5.74) is 1.38. The lowest BCUT2D eigenvalue weighted by molar-refractivity contribution is -0.0941. The molecule has 0 aliphatic carbocycles. The molecule has 0 bridgehead atoms. The fourth-order valence-electron chi connectivity index (χ4n) is 4.88. The van der Waals surface area contributed by atoms with E-state index < -0.39 is 24.0 Å². The molecule has 1 aliphatic rings. The van der Waals surface area contributed by atoms with E-state index in [9.17, 15) is 9.90 Å². The number of imidazole rings is 1. The summed E-state index contributed by atoms with van der Waals surface area (Å²) < 4.78 is 25.2. The van der Waals surface area contributed by atoms with Gasteiger partial charge in [0, 0.05) is 18.8 Å². The van der Waals surface area contributed by atoms with Crippen LogP contribution in [0.5, 0.6) is 11.5 Å². The third-order valence-corrected chi connectivity index (χ3v) is 6.83. The van der Waals surface area contributed by atoms with Crippen molar-refractivity contribution in [1.82, 2.24) is 9.55 Å². The summed E-state index contributed by atoms with van der Waals surface area (Å²) in [6, 6.07) is 25.4. The first kappa shape index (κ1) is 24.8. The van der Waals surface area contributed by atoms with Gasteiger partial charge in [-0.3, -0.25) is 4.57 Å². The molecule has 1 saturated heterocycles. The number of H-pyrrole nitrogens is 1. The van der Waals surface area contributed by atoms with Crippen LogP contribution in [0.15, 0.2) is 96.1 Å². The fraction of sp³-hybridized carbons (Fsp3) is 0.276. The number of nitrogens with zero attached hydrogens (tertiary/aromatic N) is 1. The average molecular weight is 503 g/mol. The molecule has 2 heterocycles. The molecule has 0 saturated carbocycles. The van der Waals surface area contributed by atoms with Gasteiger partial charge in [-0.1, -0.05) is 54.6 Å². The van der Waals surface area contributed by atoms with Crippen molar-refractivity contribution in [2.45, 2.75) is 30.5 Å². The van der Waals surface area contributed by atoms with Crippen LogP contribution in [0.1, 0.15) is 29.3 Å². The van der Waals surface area contributed by atoms with Crippen LogP contribution in [0.2, 0.25) is 0 Å². The van der Waals surface area contributed by atoms with Gasteiger partial charge in [0.1, 0.15) is 29.4 Å². The number of benzene rings is 3. The Kier molecular flexibility index (Phi) is 7.14. The van der Waals surface area contributed by atoms with E-state index in [4.69, 9.17) is 18.9 Å². The number of ether oxygens (including phenoxy) is 4. The summed E-state index contributed by atoms with van der Waals surface area (Å²) in [5.74, 6) is 1.46. The van der Waals surface area contributed by atoms with Crippen LogP contribution in [0.3, 0.4) is 0 Å². The van der Waals surface area contributed by atoms with Crippen molar-refractivity contribution < 1.29 is 24.1 Å². The van der Waals surface area contributed by atoms with Crippen LogP contribution < -0.4 is 15.2 Å². The molecule has 37 heavy (non-hydrogen) atoms. The van der Waals surface area contributed by atoms with Crippen molar-refractivity contribution in [2.75, 3.05) is 20.8 Å². The molecule has 3 aromatic carbocycles. The summed E-state index contributed by atoms with van der Waals surface area (Å²) in [7, 11) is 3.26. The number of nitrogens with one attached hydrogen (secondary N) is 1. The van der Waals surface area contributed by atoms with Gasteiger partial charge in [-0.2, -0.15) is 0 Å². The van der Waals surface area contributed by atoms with Gasteiger partial charge >= 0.3 is 5.69 Å². The molecule has 1 aliphatic heterocycles. The molecular formula is C29H30N2O6. The molecule has 192 valence electrons. The van der Waals surface area contributed by atoms with Crippen LogP contribution in [0.4, 0.5) is 0 Å². The van der Waals surface area contributed by atoms with Gasteiger partial charge in [-0.05, 0) is 41.0 Å². The SMILES string of the molecule is COc1ccc(C(OC[C@H]2O[C@@H](n3cc[nH]c3=O)C[C@@H]2O)(c2ccccc2)c2ccc(OC)cc2)cc1. The van der Waals surface area contributed by atoms with E-state index in [2.05, 4.69) is 4.98 Å². The maximum atomic E-state index is 12.1. The molecule has 0 radical (unpaired) electrons. The zero-order chi connectivity index (χ0) is 25.8. The van der Waals surface area contributed by atoms with Crippen molar-refractivity contribution in [3.63, 3.8) is 0 Å². The van der Waals surface area contributed by atoms with E-state index in [1.807, 2.05) is 78.9 Å². The number of hydrogen-bond acceptors (Lipinski definition) is 6. The highest BCUT2D eigenvalue weighted by Gasteiger charge is 2.42. The molecule has 3 atom stereocenters. The topological polar surface area (TPSA) is 94.9 Å². The summed E-state index contributed by atoms with van der Waals surface area (Å²) in [4.78, 5) is 14.7. The highest BCUT2D eigenvalue weighted by atomic mass is 16.6. The smallest absolute Gasteiger partial charge is 0.327 e. The Hall–Kier alpha value is -3.85. The van der Waals surface area contributed by atoms with Crippen LogP contribution in [-0.4, -0.2) is 47.7 Å². The van der Waals surface area contributed by atoms with E-state index in [1.165, 1.54) is 4.57 Å². The van der Waals surface area contributed by atoms with Crippen LogP contribution in [0, 0.1) is 0 Å². The molecule has 8 nitrogen and oxygen atoms in total. The Balaban J connectivity index is 1.55. The third kappa shape index (κ3) is 4.79. The Morgan fingerprint density at radius 1 is 0.919 bits per heavy atom. The van der Waals surface area contributed by atoms with Gasteiger partial charge in [0.25, 0.3) is 0 Å². The van der Waals surface area contributed by atoms with Crippen molar-refractivity contribution >= 4 is 0 Å². The van der Waals surface area contributed by atoms with Crippen LogP contribution in [0.25, 0.3) is 0 Å². The number of rotatable bonds is 9.